The van der Waals surface area contributed by atoms with E-state index in [0.29, 0.717) is 5.02 Å². The summed E-state index contributed by atoms with van der Waals surface area (Å²) in [5, 5.41) is 14.2. The van der Waals surface area contributed by atoms with Crippen LogP contribution in [0.1, 0.15) is 17.6 Å². The molecule has 1 heterocycles. The van der Waals surface area contributed by atoms with E-state index in [1.54, 1.807) is 11.3 Å². The van der Waals surface area contributed by atoms with Gasteiger partial charge in [0.2, 0.25) is 0 Å². The van der Waals surface area contributed by atoms with Gasteiger partial charge in [-0.3, -0.25) is 10.1 Å². The van der Waals surface area contributed by atoms with Gasteiger partial charge in [0.05, 0.1) is 15.6 Å². The van der Waals surface area contributed by atoms with Crippen molar-refractivity contribution in [3.63, 3.8) is 0 Å². The molecule has 0 atom stereocenters. The minimum atomic E-state index is -0.496. The van der Waals surface area contributed by atoms with Crippen molar-refractivity contribution in [1.29, 1.82) is 0 Å². The Hall–Kier alpha value is -1.66. The van der Waals surface area contributed by atoms with E-state index in [-0.39, 0.29) is 18.0 Å². The summed E-state index contributed by atoms with van der Waals surface area (Å²) in [6.07, 6.45) is 0.863. The molecule has 0 spiro atoms. The second-order valence-electron chi connectivity index (χ2n) is 3.74. The number of benzene rings is 1. The van der Waals surface area contributed by atoms with Crippen molar-refractivity contribution in [3.05, 3.63) is 49.4 Å². The monoisotopic (exact) mass is 298 g/mol. The van der Waals surface area contributed by atoms with Gasteiger partial charge in [0.25, 0.3) is 0 Å². The molecule has 1 aromatic carbocycles. The average Bonchev–Trinajstić information content (AvgIpc) is 2.84. The first kappa shape index (κ1) is 13.8. The largest absolute Gasteiger partial charge is 0.480 e. The zero-order valence-electron chi connectivity index (χ0n) is 10.1. The van der Waals surface area contributed by atoms with E-state index in [1.807, 2.05) is 12.3 Å². The van der Waals surface area contributed by atoms with Gasteiger partial charge in [0.1, 0.15) is 6.61 Å². The highest BCUT2D eigenvalue weighted by Gasteiger charge is 2.15. The Kier molecular flexibility index (Phi) is 4.34. The standard InChI is InChI=1S/C12H11ClN2O3S/c1-2-12-14-9(7-19-12)6-18-11-5-8(13)3-4-10(11)15(16)17/h3-5,7H,2,6H2,1H3. The molecule has 0 saturated carbocycles. The predicted molar refractivity (Wildman–Crippen MR) is 73.9 cm³/mol. The number of rotatable bonds is 5. The molecule has 0 aliphatic heterocycles. The Morgan fingerprint density at radius 1 is 1.53 bits per heavy atom. The van der Waals surface area contributed by atoms with Crippen LogP contribution in [0.2, 0.25) is 5.02 Å². The van der Waals surface area contributed by atoms with E-state index in [4.69, 9.17) is 16.3 Å². The minimum Gasteiger partial charge on any atom is -0.480 e. The van der Waals surface area contributed by atoms with E-state index < -0.39 is 4.92 Å². The van der Waals surface area contributed by atoms with Gasteiger partial charge in [0, 0.05) is 22.5 Å². The van der Waals surface area contributed by atoms with Crippen LogP contribution in [0.15, 0.2) is 23.6 Å². The number of nitro groups is 1. The Bertz CT molecular complexity index is 600. The first-order chi connectivity index (χ1) is 9.10. The molecule has 19 heavy (non-hydrogen) atoms. The first-order valence-corrected chi connectivity index (χ1v) is 6.86. The molecule has 2 rings (SSSR count). The van der Waals surface area contributed by atoms with E-state index in [2.05, 4.69) is 4.98 Å². The van der Waals surface area contributed by atoms with Crippen molar-refractivity contribution < 1.29 is 9.66 Å². The summed E-state index contributed by atoms with van der Waals surface area (Å²) in [5.41, 5.74) is 0.659. The van der Waals surface area contributed by atoms with Crippen LogP contribution in [-0.2, 0) is 13.0 Å². The van der Waals surface area contributed by atoms with Gasteiger partial charge in [-0.15, -0.1) is 11.3 Å². The smallest absolute Gasteiger partial charge is 0.311 e. The highest BCUT2D eigenvalue weighted by Crippen LogP contribution is 2.30. The molecular weight excluding hydrogens is 288 g/mol. The van der Waals surface area contributed by atoms with E-state index in [0.717, 1.165) is 17.1 Å². The molecule has 0 amide bonds. The maximum atomic E-state index is 10.9. The topological polar surface area (TPSA) is 65.3 Å². The molecule has 0 N–H and O–H groups in total. The molecule has 7 heteroatoms. The maximum absolute atomic E-state index is 10.9. The number of nitrogens with zero attached hydrogens (tertiary/aromatic N) is 2. The summed E-state index contributed by atoms with van der Waals surface area (Å²) >= 11 is 7.36. The fourth-order valence-electron chi connectivity index (χ4n) is 1.48. The number of nitro benzene ring substituents is 1. The number of hydrogen-bond acceptors (Lipinski definition) is 5. The van der Waals surface area contributed by atoms with Gasteiger partial charge in [-0.1, -0.05) is 18.5 Å². The number of ether oxygens (including phenoxy) is 1. The van der Waals surface area contributed by atoms with Crippen molar-refractivity contribution >= 4 is 28.6 Å². The average molecular weight is 299 g/mol. The van der Waals surface area contributed by atoms with Gasteiger partial charge in [-0.2, -0.15) is 0 Å². The quantitative estimate of drug-likeness (QED) is 0.621. The lowest BCUT2D eigenvalue weighted by molar-refractivity contribution is -0.385. The van der Waals surface area contributed by atoms with Crippen LogP contribution in [0.4, 0.5) is 5.69 Å². The SMILES string of the molecule is CCc1nc(COc2cc(Cl)ccc2[N+](=O)[O-])cs1. The molecule has 0 aliphatic carbocycles. The van der Waals surface area contributed by atoms with Crippen molar-refractivity contribution in [1.82, 2.24) is 4.98 Å². The molecule has 0 aliphatic rings. The first-order valence-electron chi connectivity index (χ1n) is 5.60. The summed E-state index contributed by atoms with van der Waals surface area (Å²) < 4.78 is 5.44. The number of aryl methyl sites for hydroxylation is 1. The lowest BCUT2D eigenvalue weighted by Gasteiger charge is -2.05. The summed E-state index contributed by atoms with van der Waals surface area (Å²) in [6, 6.07) is 4.23. The molecular formula is C12H11ClN2O3S. The molecule has 0 bridgehead atoms. The van der Waals surface area contributed by atoms with Gasteiger partial charge in [-0.05, 0) is 12.5 Å². The molecule has 2 aromatic rings. The van der Waals surface area contributed by atoms with Crippen molar-refractivity contribution in [2.75, 3.05) is 0 Å². The third-order valence-corrected chi connectivity index (χ3v) is 3.67. The second kappa shape index (κ2) is 5.99. The van der Waals surface area contributed by atoms with Crippen molar-refractivity contribution in [3.8, 4) is 5.75 Å². The van der Waals surface area contributed by atoms with E-state index >= 15 is 0 Å². The van der Waals surface area contributed by atoms with Crippen molar-refractivity contribution in [2.24, 2.45) is 0 Å². The van der Waals surface area contributed by atoms with Gasteiger partial charge < -0.3 is 4.74 Å². The van der Waals surface area contributed by atoms with Crippen LogP contribution in [0, 0.1) is 10.1 Å². The van der Waals surface area contributed by atoms with Gasteiger partial charge in [-0.25, -0.2) is 4.98 Å². The maximum Gasteiger partial charge on any atom is 0.311 e. The van der Waals surface area contributed by atoms with Crippen LogP contribution < -0.4 is 4.74 Å². The highest BCUT2D eigenvalue weighted by molar-refractivity contribution is 7.09. The lowest BCUT2D eigenvalue weighted by Crippen LogP contribution is -1.99. The molecule has 0 unspecified atom stereocenters. The lowest BCUT2D eigenvalue weighted by atomic mass is 10.3. The third-order valence-electron chi connectivity index (χ3n) is 2.40. The highest BCUT2D eigenvalue weighted by atomic mass is 35.5. The molecule has 100 valence electrons. The van der Waals surface area contributed by atoms with Crippen LogP contribution in [0.3, 0.4) is 0 Å². The third kappa shape index (κ3) is 3.42. The number of thiazole rings is 1. The summed E-state index contributed by atoms with van der Waals surface area (Å²) in [4.78, 5) is 14.7. The van der Waals surface area contributed by atoms with E-state index in [9.17, 15) is 10.1 Å². The molecule has 5 nitrogen and oxygen atoms in total. The Labute approximate surface area is 119 Å². The second-order valence-corrected chi connectivity index (χ2v) is 5.12. The zero-order chi connectivity index (χ0) is 13.8. The Balaban J connectivity index is 2.14. The van der Waals surface area contributed by atoms with Crippen molar-refractivity contribution in [2.45, 2.75) is 20.0 Å². The molecule has 0 fully saturated rings. The van der Waals surface area contributed by atoms with Crippen LogP contribution in [0.25, 0.3) is 0 Å². The summed E-state index contributed by atoms with van der Waals surface area (Å²) in [5.74, 6) is 0.156. The van der Waals surface area contributed by atoms with Crippen LogP contribution in [0.5, 0.6) is 5.75 Å². The molecule has 0 radical (unpaired) electrons. The molecule has 0 saturated heterocycles. The fourth-order valence-corrected chi connectivity index (χ4v) is 2.38. The number of halogens is 1. The van der Waals surface area contributed by atoms with Gasteiger partial charge in [0.15, 0.2) is 5.75 Å². The van der Waals surface area contributed by atoms with E-state index in [1.165, 1.54) is 18.2 Å². The fraction of sp³-hybridized carbons (Fsp3) is 0.250. The minimum absolute atomic E-state index is 0.102. The summed E-state index contributed by atoms with van der Waals surface area (Å²) in [6.45, 7) is 2.21. The Morgan fingerprint density at radius 2 is 2.32 bits per heavy atom. The predicted octanol–water partition coefficient (Wildman–Crippen LogP) is 3.85. The molecule has 1 aromatic heterocycles. The number of hydrogen-bond donors (Lipinski definition) is 0. The Morgan fingerprint density at radius 3 is 2.95 bits per heavy atom. The van der Waals surface area contributed by atoms with Gasteiger partial charge >= 0.3 is 5.69 Å². The van der Waals surface area contributed by atoms with Crippen LogP contribution >= 0.6 is 22.9 Å². The number of aromatic nitrogens is 1. The zero-order valence-corrected chi connectivity index (χ0v) is 11.7. The van der Waals surface area contributed by atoms with Crippen LogP contribution in [-0.4, -0.2) is 9.91 Å². The normalized spacial score (nSPS) is 10.4. The summed E-state index contributed by atoms with van der Waals surface area (Å²) in [7, 11) is 0.